The van der Waals surface area contributed by atoms with E-state index < -0.39 is 0 Å². The molecule has 144 valence electrons. The average Bonchev–Trinajstić information content (AvgIpc) is 2.69. The first-order valence-electron chi connectivity index (χ1n) is 9.10. The summed E-state index contributed by atoms with van der Waals surface area (Å²) in [7, 11) is 0. The lowest BCUT2D eigenvalue weighted by molar-refractivity contribution is -0.645. The molecule has 1 amide bonds. The molecular formula is C22H23N3O2S. The molecule has 0 fully saturated rings. The number of rotatable bonds is 7. The maximum Gasteiger partial charge on any atom is 0.251 e. The van der Waals surface area contributed by atoms with Gasteiger partial charge in [0.05, 0.1) is 5.75 Å². The highest BCUT2D eigenvalue weighted by molar-refractivity contribution is 7.99. The van der Waals surface area contributed by atoms with Crippen LogP contribution in [0.1, 0.15) is 13.8 Å². The van der Waals surface area contributed by atoms with Gasteiger partial charge < -0.3 is 15.4 Å². The third kappa shape index (κ3) is 5.04. The van der Waals surface area contributed by atoms with Crippen molar-refractivity contribution in [2.45, 2.75) is 24.9 Å². The molecule has 0 aliphatic rings. The fraction of sp³-hybridized carbons (Fsp3) is 0.182. The number of nitrogens with zero attached hydrogens (tertiary/aromatic N) is 2. The van der Waals surface area contributed by atoms with Crippen molar-refractivity contribution in [1.82, 2.24) is 0 Å². The molecule has 1 heterocycles. The van der Waals surface area contributed by atoms with Crippen LogP contribution in [-0.2, 0) is 4.79 Å². The summed E-state index contributed by atoms with van der Waals surface area (Å²) in [5.74, 6) is 0.168. The number of carbonyl (C=O) groups excluding carboxylic acids is 1. The molecule has 0 saturated carbocycles. The predicted octanol–water partition coefficient (Wildman–Crippen LogP) is 4.60. The molecule has 6 heteroatoms. The van der Waals surface area contributed by atoms with Gasteiger partial charge in [-0.15, -0.1) is 0 Å². The van der Waals surface area contributed by atoms with Gasteiger partial charge >= 0.3 is 0 Å². The van der Waals surface area contributed by atoms with Crippen LogP contribution < -0.4 is 14.9 Å². The van der Waals surface area contributed by atoms with Crippen molar-refractivity contribution in [3.05, 3.63) is 84.2 Å². The number of aromatic nitrogens is 1. The van der Waals surface area contributed by atoms with Crippen molar-refractivity contribution in [3.63, 3.8) is 0 Å². The van der Waals surface area contributed by atoms with Crippen LogP contribution in [0.25, 0.3) is 0 Å². The summed E-state index contributed by atoms with van der Waals surface area (Å²) in [6, 6.07) is 22.9. The molecule has 1 N–H and O–H groups in total. The van der Waals surface area contributed by atoms with E-state index in [9.17, 15) is 10.0 Å². The molecule has 2 aromatic carbocycles. The van der Waals surface area contributed by atoms with Gasteiger partial charge in [0.15, 0.2) is 6.20 Å². The van der Waals surface area contributed by atoms with Crippen molar-refractivity contribution >= 4 is 34.7 Å². The Morgan fingerprint density at radius 1 is 1.00 bits per heavy atom. The van der Waals surface area contributed by atoms with E-state index >= 15 is 0 Å². The number of nitrogens with one attached hydrogen (secondary N) is 1. The molecule has 0 radical (unpaired) electrons. The molecule has 0 atom stereocenters. The van der Waals surface area contributed by atoms with Gasteiger partial charge in [-0.25, -0.2) is 0 Å². The second kappa shape index (κ2) is 9.28. The van der Waals surface area contributed by atoms with Gasteiger partial charge in [-0.05, 0) is 68.1 Å². The van der Waals surface area contributed by atoms with Gasteiger partial charge in [0.1, 0.15) is 0 Å². The quantitative estimate of drug-likeness (QED) is 0.362. The second-order valence-corrected chi connectivity index (χ2v) is 7.54. The number of thioether (sulfide) groups is 1. The first-order chi connectivity index (χ1) is 13.5. The van der Waals surface area contributed by atoms with Crippen molar-refractivity contribution in [2.24, 2.45) is 0 Å². The number of amides is 1. The first-order valence-corrected chi connectivity index (χ1v) is 10.1. The highest BCUT2D eigenvalue weighted by atomic mass is 32.2. The Morgan fingerprint density at radius 2 is 1.64 bits per heavy atom. The monoisotopic (exact) mass is 393 g/mol. The molecule has 3 rings (SSSR count). The Kier molecular flexibility index (Phi) is 6.55. The number of pyridine rings is 1. The van der Waals surface area contributed by atoms with E-state index in [4.69, 9.17) is 0 Å². The fourth-order valence-electron chi connectivity index (χ4n) is 2.85. The summed E-state index contributed by atoms with van der Waals surface area (Å²) in [5, 5.41) is 15.6. The maximum atomic E-state index is 12.8. The smallest absolute Gasteiger partial charge is 0.251 e. The molecule has 0 aliphatic heterocycles. The highest BCUT2D eigenvalue weighted by Crippen LogP contribution is 2.24. The fourth-order valence-corrected chi connectivity index (χ4v) is 3.63. The third-order valence-electron chi connectivity index (χ3n) is 4.13. The molecule has 5 nitrogen and oxygen atoms in total. The lowest BCUT2D eigenvalue weighted by atomic mass is 10.2. The maximum absolute atomic E-state index is 12.8. The van der Waals surface area contributed by atoms with Crippen LogP contribution in [0, 0.1) is 5.21 Å². The SMILES string of the molecule is CC(C)N(C(=O)CSc1cccc[n+]1[O-])c1ccc(Nc2ccccc2)cc1. The van der Waals surface area contributed by atoms with E-state index in [0.717, 1.165) is 21.8 Å². The first kappa shape index (κ1) is 19.8. The van der Waals surface area contributed by atoms with Gasteiger partial charge in [0.2, 0.25) is 5.91 Å². The predicted molar refractivity (Wildman–Crippen MR) is 115 cm³/mol. The summed E-state index contributed by atoms with van der Waals surface area (Å²) >= 11 is 1.25. The zero-order valence-electron chi connectivity index (χ0n) is 15.9. The van der Waals surface area contributed by atoms with Crippen LogP contribution in [-0.4, -0.2) is 17.7 Å². The van der Waals surface area contributed by atoms with E-state index in [-0.39, 0.29) is 17.7 Å². The van der Waals surface area contributed by atoms with Crippen molar-refractivity contribution < 1.29 is 9.52 Å². The van der Waals surface area contributed by atoms with Gasteiger partial charge in [-0.1, -0.05) is 18.2 Å². The van der Waals surface area contributed by atoms with Crippen LogP contribution in [0.3, 0.4) is 0 Å². The van der Waals surface area contributed by atoms with Crippen LogP contribution in [0.5, 0.6) is 0 Å². The van der Waals surface area contributed by atoms with Crippen molar-refractivity contribution in [1.29, 1.82) is 0 Å². The molecule has 0 bridgehead atoms. The summed E-state index contributed by atoms with van der Waals surface area (Å²) in [6.07, 6.45) is 1.44. The molecule has 0 spiro atoms. The molecule has 0 unspecified atom stereocenters. The minimum absolute atomic E-state index is 0.0104. The van der Waals surface area contributed by atoms with Crippen LogP contribution in [0.2, 0.25) is 0 Å². The molecule has 1 aromatic heterocycles. The molecule has 0 saturated heterocycles. The number of hydrogen-bond donors (Lipinski definition) is 1. The number of anilines is 3. The van der Waals surface area contributed by atoms with Crippen molar-refractivity contribution in [2.75, 3.05) is 16.0 Å². The lowest BCUT2D eigenvalue weighted by Gasteiger charge is -2.27. The summed E-state index contributed by atoms with van der Waals surface area (Å²) in [6.45, 7) is 3.96. The molecule has 28 heavy (non-hydrogen) atoms. The van der Waals surface area contributed by atoms with E-state index in [0.29, 0.717) is 5.03 Å². The number of benzene rings is 2. The summed E-state index contributed by atoms with van der Waals surface area (Å²) in [5.41, 5.74) is 2.80. The van der Waals surface area contributed by atoms with Crippen LogP contribution >= 0.6 is 11.8 Å². The van der Waals surface area contributed by atoms with E-state index in [1.165, 1.54) is 18.0 Å². The van der Waals surface area contributed by atoms with E-state index in [2.05, 4.69) is 5.32 Å². The van der Waals surface area contributed by atoms with E-state index in [1.807, 2.05) is 68.4 Å². The molecule has 0 aliphatic carbocycles. The summed E-state index contributed by atoms with van der Waals surface area (Å²) < 4.78 is 0.779. The zero-order chi connectivity index (χ0) is 19.9. The number of hydrogen-bond acceptors (Lipinski definition) is 4. The number of para-hydroxylation sites is 1. The minimum atomic E-state index is -0.0346. The van der Waals surface area contributed by atoms with Crippen LogP contribution in [0.4, 0.5) is 17.1 Å². The number of carbonyl (C=O) groups is 1. The van der Waals surface area contributed by atoms with Crippen molar-refractivity contribution in [3.8, 4) is 0 Å². The minimum Gasteiger partial charge on any atom is -0.618 e. The topological polar surface area (TPSA) is 59.3 Å². The normalized spacial score (nSPS) is 10.7. The lowest BCUT2D eigenvalue weighted by Crippen LogP contribution is -2.38. The van der Waals surface area contributed by atoms with Gasteiger partial charge in [-0.3, -0.25) is 4.79 Å². The Morgan fingerprint density at radius 3 is 2.29 bits per heavy atom. The average molecular weight is 394 g/mol. The van der Waals surface area contributed by atoms with Gasteiger partial charge in [0.25, 0.3) is 5.03 Å². The second-order valence-electron chi connectivity index (χ2n) is 6.55. The largest absolute Gasteiger partial charge is 0.618 e. The Bertz CT molecular complexity index is 915. The summed E-state index contributed by atoms with van der Waals surface area (Å²) in [4.78, 5) is 14.6. The Hall–Kier alpha value is -2.99. The third-order valence-corrected chi connectivity index (χ3v) is 5.13. The Labute approximate surface area is 169 Å². The van der Waals surface area contributed by atoms with Crippen LogP contribution in [0.15, 0.2) is 84.0 Å². The Balaban J connectivity index is 1.69. The van der Waals surface area contributed by atoms with E-state index in [1.54, 1.807) is 23.1 Å². The molecular weight excluding hydrogens is 370 g/mol. The van der Waals surface area contributed by atoms with Gasteiger partial charge in [0, 0.05) is 35.2 Å². The standard InChI is InChI=1S/C22H23N3O2S/c1-17(2)25(21(26)16-28-22-10-6-7-15-24(22)27)20-13-11-19(12-14-20)23-18-8-4-3-5-9-18/h3-15,17,23H,16H2,1-2H3. The molecule has 3 aromatic rings. The van der Waals surface area contributed by atoms with Gasteiger partial charge in [-0.2, -0.15) is 4.73 Å². The zero-order valence-corrected chi connectivity index (χ0v) is 16.7. The highest BCUT2D eigenvalue weighted by Gasteiger charge is 2.20.